The van der Waals surface area contributed by atoms with Crippen LogP contribution in [0.1, 0.15) is 10.4 Å². The first-order valence-corrected chi connectivity index (χ1v) is 6.34. The van der Waals surface area contributed by atoms with Gasteiger partial charge in [0.15, 0.2) is 0 Å². The van der Waals surface area contributed by atoms with Crippen LogP contribution in [0, 0.1) is 0 Å². The molecule has 0 spiro atoms. The van der Waals surface area contributed by atoms with E-state index in [4.69, 9.17) is 34.8 Å². The fourth-order valence-corrected chi connectivity index (χ4v) is 2.22. The molecule has 1 heterocycles. The van der Waals surface area contributed by atoms with Crippen LogP contribution >= 0.6 is 34.8 Å². The van der Waals surface area contributed by atoms with Crippen LogP contribution in [0.15, 0.2) is 30.6 Å². The SMILES string of the molecule is COC(=O)c1cncc(-c2cc(Cl)c(Cl)cc2Cl)c1. The Bertz CT molecular complexity index is 644. The molecule has 1 aromatic carbocycles. The second-order valence-electron chi connectivity index (χ2n) is 3.70. The summed E-state index contributed by atoms with van der Waals surface area (Å²) in [5.74, 6) is -0.467. The predicted molar refractivity (Wildman–Crippen MR) is 76.0 cm³/mol. The summed E-state index contributed by atoms with van der Waals surface area (Å²) in [7, 11) is 1.31. The second-order valence-corrected chi connectivity index (χ2v) is 4.92. The fourth-order valence-electron chi connectivity index (χ4n) is 1.56. The predicted octanol–water partition coefficient (Wildman–Crippen LogP) is 4.50. The quantitative estimate of drug-likeness (QED) is 0.605. The molecule has 0 atom stereocenters. The first kappa shape index (κ1) is 14.1. The summed E-state index contributed by atoms with van der Waals surface area (Å²) >= 11 is 17.9. The maximum atomic E-state index is 11.5. The molecule has 0 saturated carbocycles. The molecule has 3 nitrogen and oxygen atoms in total. The van der Waals surface area contributed by atoms with Crippen molar-refractivity contribution in [3.8, 4) is 11.1 Å². The van der Waals surface area contributed by atoms with Gasteiger partial charge in [0.2, 0.25) is 0 Å². The molecule has 0 bridgehead atoms. The number of hydrogen-bond acceptors (Lipinski definition) is 3. The lowest BCUT2D eigenvalue weighted by Crippen LogP contribution is -2.01. The molecule has 0 fully saturated rings. The smallest absolute Gasteiger partial charge is 0.339 e. The van der Waals surface area contributed by atoms with Gasteiger partial charge >= 0.3 is 5.97 Å². The van der Waals surface area contributed by atoms with Gasteiger partial charge in [-0.3, -0.25) is 4.98 Å². The highest BCUT2D eigenvalue weighted by Gasteiger charge is 2.12. The second kappa shape index (κ2) is 5.78. The Hall–Kier alpha value is -1.29. The van der Waals surface area contributed by atoms with Crippen molar-refractivity contribution >= 4 is 40.8 Å². The van der Waals surface area contributed by atoms with Crippen LogP contribution in [0.2, 0.25) is 15.1 Å². The zero-order chi connectivity index (χ0) is 14.0. The number of carbonyl (C=O) groups excluding carboxylic acids is 1. The van der Waals surface area contributed by atoms with E-state index < -0.39 is 5.97 Å². The van der Waals surface area contributed by atoms with E-state index in [0.29, 0.717) is 31.8 Å². The molecule has 0 N–H and O–H groups in total. The van der Waals surface area contributed by atoms with Gasteiger partial charge in [-0.25, -0.2) is 4.79 Å². The monoisotopic (exact) mass is 315 g/mol. The highest BCUT2D eigenvalue weighted by Crippen LogP contribution is 2.35. The van der Waals surface area contributed by atoms with Gasteiger partial charge in [-0.05, 0) is 18.2 Å². The van der Waals surface area contributed by atoms with Gasteiger partial charge in [-0.15, -0.1) is 0 Å². The van der Waals surface area contributed by atoms with Crippen LogP contribution in [0.5, 0.6) is 0 Å². The Morgan fingerprint density at radius 1 is 1.05 bits per heavy atom. The fraction of sp³-hybridized carbons (Fsp3) is 0.0769. The van der Waals surface area contributed by atoms with Crippen molar-refractivity contribution < 1.29 is 9.53 Å². The number of benzene rings is 1. The van der Waals surface area contributed by atoms with Crippen LogP contribution in [-0.4, -0.2) is 18.1 Å². The van der Waals surface area contributed by atoms with E-state index in [1.807, 2.05) is 0 Å². The number of carbonyl (C=O) groups is 1. The highest BCUT2D eigenvalue weighted by molar-refractivity contribution is 6.44. The van der Waals surface area contributed by atoms with E-state index in [0.717, 1.165) is 0 Å². The lowest BCUT2D eigenvalue weighted by molar-refractivity contribution is 0.0600. The Morgan fingerprint density at radius 2 is 1.74 bits per heavy atom. The first-order valence-electron chi connectivity index (χ1n) is 5.21. The van der Waals surface area contributed by atoms with Crippen molar-refractivity contribution in [2.45, 2.75) is 0 Å². The van der Waals surface area contributed by atoms with E-state index in [9.17, 15) is 4.79 Å². The molecule has 0 aliphatic carbocycles. The van der Waals surface area contributed by atoms with Gasteiger partial charge in [0.1, 0.15) is 0 Å². The normalized spacial score (nSPS) is 10.3. The molecule has 0 amide bonds. The molecule has 2 rings (SSSR count). The number of aromatic nitrogens is 1. The Kier molecular flexibility index (Phi) is 4.30. The molecule has 6 heteroatoms. The highest BCUT2D eigenvalue weighted by atomic mass is 35.5. The molecule has 0 unspecified atom stereocenters. The average Bonchev–Trinajstić information content (AvgIpc) is 2.42. The molecule has 0 saturated heterocycles. The van der Waals surface area contributed by atoms with Crippen LogP contribution in [-0.2, 0) is 4.74 Å². The largest absolute Gasteiger partial charge is 0.465 e. The summed E-state index contributed by atoms with van der Waals surface area (Å²) in [5.41, 5.74) is 1.64. The maximum absolute atomic E-state index is 11.5. The van der Waals surface area contributed by atoms with Crippen molar-refractivity contribution in [2.24, 2.45) is 0 Å². The van der Waals surface area contributed by atoms with Gasteiger partial charge in [0.05, 0.1) is 27.7 Å². The summed E-state index contributed by atoms with van der Waals surface area (Å²) in [6, 6.07) is 4.81. The molecular weight excluding hydrogens is 309 g/mol. The third-order valence-electron chi connectivity index (χ3n) is 2.48. The number of ether oxygens (including phenoxy) is 1. The van der Waals surface area contributed by atoms with Crippen LogP contribution in [0.4, 0.5) is 0 Å². The number of nitrogens with zero attached hydrogens (tertiary/aromatic N) is 1. The van der Waals surface area contributed by atoms with Gasteiger partial charge in [-0.2, -0.15) is 0 Å². The summed E-state index contributed by atoms with van der Waals surface area (Å²) in [6.07, 6.45) is 3.00. The zero-order valence-corrected chi connectivity index (χ0v) is 12.1. The summed E-state index contributed by atoms with van der Waals surface area (Å²) < 4.78 is 4.64. The Labute approximate surface area is 125 Å². The van der Waals surface area contributed by atoms with E-state index >= 15 is 0 Å². The lowest BCUT2D eigenvalue weighted by Gasteiger charge is -2.07. The topological polar surface area (TPSA) is 39.2 Å². The van der Waals surface area contributed by atoms with Crippen LogP contribution < -0.4 is 0 Å². The molecule has 0 aliphatic rings. The molecule has 0 radical (unpaired) electrons. The lowest BCUT2D eigenvalue weighted by atomic mass is 10.1. The van der Waals surface area contributed by atoms with Crippen molar-refractivity contribution in [2.75, 3.05) is 7.11 Å². The standard InChI is InChI=1S/C13H8Cl3NO2/c1-19-13(18)8-2-7(5-17-6-8)9-3-11(15)12(16)4-10(9)14/h2-6H,1H3. The molecule has 19 heavy (non-hydrogen) atoms. The molecule has 2 aromatic rings. The van der Waals surface area contributed by atoms with Crippen LogP contribution in [0.3, 0.4) is 0 Å². The molecular formula is C13H8Cl3NO2. The number of hydrogen-bond donors (Lipinski definition) is 0. The Morgan fingerprint density at radius 3 is 2.42 bits per heavy atom. The minimum atomic E-state index is -0.467. The van der Waals surface area contributed by atoms with E-state index in [1.165, 1.54) is 13.3 Å². The molecule has 1 aromatic heterocycles. The minimum absolute atomic E-state index is 0.335. The summed E-state index contributed by atoms with van der Waals surface area (Å²) in [5, 5.41) is 1.18. The number of methoxy groups -OCH3 is 1. The van der Waals surface area contributed by atoms with E-state index in [-0.39, 0.29) is 0 Å². The van der Waals surface area contributed by atoms with E-state index in [2.05, 4.69) is 9.72 Å². The molecule has 0 aliphatic heterocycles. The van der Waals surface area contributed by atoms with Gasteiger partial charge in [0.25, 0.3) is 0 Å². The summed E-state index contributed by atoms with van der Waals surface area (Å²) in [6.45, 7) is 0. The van der Waals surface area contributed by atoms with Gasteiger partial charge < -0.3 is 4.74 Å². The third kappa shape index (κ3) is 3.00. The van der Waals surface area contributed by atoms with Gasteiger partial charge in [-0.1, -0.05) is 34.8 Å². The first-order chi connectivity index (χ1) is 9.02. The minimum Gasteiger partial charge on any atom is -0.465 e. The van der Waals surface area contributed by atoms with Crippen molar-refractivity contribution in [1.82, 2.24) is 4.98 Å². The maximum Gasteiger partial charge on any atom is 0.339 e. The van der Waals surface area contributed by atoms with Crippen molar-refractivity contribution in [1.29, 1.82) is 0 Å². The number of rotatable bonds is 2. The molecule has 98 valence electrons. The van der Waals surface area contributed by atoms with Crippen molar-refractivity contribution in [3.63, 3.8) is 0 Å². The van der Waals surface area contributed by atoms with Crippen molar-refractivity contribution in [3.05, 3.63) is 51.2 Å². The van der Waals surface area contributed by atoms with Crippen LogP contribution in [0.25, 0.3) is 11.1 Å². The summed E-state index contributed by atoms with van der Waals surface area (Å²) in [4.78, 5) is 15.4. The average molecular weight is 317 g/mol. The number of pyridine rings is 1. The zero-order valence-electron chi connectivity index (χ0n) is 9.78. The van der Waals surface area contributed by atoms with E-state index in [1.54, 1.807) is 24.4 Å². The number of esters is 1. The van der Waals surface area contributed by atoms with Gasteiger partial charge in [0, 0.05) is 23.5 Å². The third-order valence-corrected chi connectivity index (χ3v) is 3.52. The number of halogens is 3. The Balaban J connectivity index is 2.53.